The summed E-state index contributed by atoms with van der Waals surface area (Å²) in [5, 5.41) is 2.67. The van der Waals surface area contributed by atoms with Crippen molar-refractivity contribution in [2.75, 3.05) is 25.7 Å². The molecular weight excluding hydrogens is 314 g/mol. The highest BCUT2D eigenvalue weighted by Crippen LogP contribution is 2.25. The van der Waals surface area contributed by atoms with Gasteiger partial charge in [-0.05, 0) is 55.9 Å². The zero-order valence-corrected chi connectivity index (χ0v) is 15.2. The topological polar surface area (TPSA) is 64.6 Å². The lowest BCUT2D eigenvalue weighted by atomic mass is 10.1. The van der Waals surface area contributed by atoms with E-state index in [1.54, 1.807) is 11.8 Å². The third-order valence-corrected chi connectivity index (χ3v) is 4.30. The highest BCUT2D eigenvalue weighted by atomic mass is 32.2. The molecule has 0 aliphatic heterocycles. The molecule has 5 nitrogen and oxygen atoms in total. The second-order valence-corrected chi connectivity index (χ2v) is 6.35. The Labute approximate surface area is 142 Å². The van der Waals surface area contributed by atoms with Crippen LogP contribution in [0.3, 0.4) is 0 Å². The number of rotatable bonds is 8. The van der Waals surface area contributed by atoms with Crippen LogP contribution in [-0.2, 0) is 14.3 Å². The number of nitrogens with one attached hydrogen (secondary N) is 1. The van der Waals surface area contributed by atoms with Crippen LogP contribution in [0.1, 0.15) is 23.1 Å². The molecule has 23 heavy (non-hydrogen) atoms. The third-order valence-electron chi connectivity index (χ3n) is 3.65. The molecule has 0 radical (unpaired) electrons. The first-order valence-electron chi connectivity index (χ1n) is 7.46. The largest absolute Gasteiger partial charge is 0.483 e. The van der Waals surface area contributed by atoms with E-state index in [4.69, 9.17) is 9.47 Å². The summed E-state index contributed by atoms with van der Waals surface area (Å²) in [6.45, 7) is 5.77. The molecule has 0 spiro atoms. The number of amides is 1. The molecule has 1 atom stereocenters. The number of aryl methyl sites for hydroxylation is 2. The number of thioether (sulfide) groups is 1. The average molecular weight is 339 g/mol. The second-order valence-electron chi connectivity index (χ2n) is 5.37. The van der Waals surface area contributed by atoms with E-state index in [1.165, 1.54) is 7.11 Å². The van der Waals surface area contributed by atoms with Crippen LogP contribution in [0.25, 0.3) is 0 Å². The van der Waals surface area contributed by atoms with Crippen LogP contribution in [-0.4, -0.2) is 43.6 Å². The molecule has 0 heterocycles. The summed E-state index contributed by atoms with van der Waals surface area (Å²) in [7, 11) is 1.32. The van der Waals surface area contributed by atoms with E-state index in [0.717, 1.165) is 28.2 Å². The van der Waals surface area contributed by atoms with Gasteiger partial charge in [0.2, 0.25) is 0 Å². The first-order valence-corrected chi connectivity index (χ1v) is 8.85. The molecule has 0 saturated carbocycles. The minimum absolute atomic E-state index is 0.127. The molecule has 128 valence electrons. The Hall–Kier alpha value is -1.69. The van der Waals surface area contributed by atoms with Crippen LogP contribution in [0.15, 0.2) is 12.1 Å². The minimum Gasteiger partial charge on any atom is -0.483 e. The van der Waals surface area contributed by atoms with E-state index in [9.17, 15) is 9.59 Å². The number of esters is 1. The van der Waals surface area contributed by atoms with Gasteiger partial charge in [-0.3, -0.25) is 4.79 Å². The summed E-state index contributed by atoms with van der Waals surface area (Å²) in [6, 6.07) is 3.35. The molecule has 0 aliphatic carbocycles. The fraction of sp³-hybridized carbons (Fsp3) is 0.529. The minimum atomic E-state index is -0.636. The van der Waals surface area contributed by atoms with Crippen molar-refractivity contribution < 1.29 is 19.1 Å². The van der Waals surface area contributed by atoms with Gasteiger partial charge in [-0.25, -0.2) is 4.79 Å². The van der Waals surface area contributed by atoms with Crippen molar-refractivity contribution in [3.05, 3.63) is 28.8 Å². The molecule has 1 aromatic rings. The highest BCUT2D eigenvalue weighted by molar-refractivity contribution is 7.98. The summed E-state index contributed by atoms with van der Waals surface area (Å²) >= 11 is 1.61. The summed E-state index contributed by atoms with van der Waals surface area (Å²) in [5.74, 6) is 0.716. The Bertz CT molecular complexity index is 560. The SMILES string of the molecule is COC(=O)C(CCSC)NC(=O)COc1c(C)ccc(C)c1C. The van der Waals surface area contributed by atoms with Gasteiger partial charge < -0.3 is 14.8 Å². The van der Waals surface area contributed by atoms with Crippen LogP contribution < -0.4 is 10.1 Å². The average Bonchev–Trinajstić information content (AvgIpc) is 2.54. The van der Waals surface area contributed by atoms with Gasteiger partial charge in [-0.2, -0.15) is 11.8 Å². The van der Waals surface area contributed by atoms with E-state index < -0.39 is 12.0 Å². The third kappa shape index (κ3) is 5.78. The first kappa shape index (κ1) is 19.4. The molecule has 1 rings (SSSR count). The van der Waals surface area contributed by atoms with Crippen molar-refractivity contribution in [1.82, 2.24) is 5.32 Å². The van der Waals surface area contributed by atoms with Crippen molar-refractivity contribution in [2.45, 2.75) is 33.2 Å². The summed E-state index contributed by atoms with van der Waals surface area (Å²) < 4.78 is 10.4. The first-order chi connectivity index (χ1) is 10.9. The highest BCUT2D eigenvalue weighted by Gasteiger charge is 2.21. The van der Waals surface area contributed by atoms with Crippen LogP contribution in [0.2, 0.25) is 0 Å². The van der Waals surface area contributed by atoms with E-state index in [0.29, 0.717) is 6.42 Å². The molecule has 0 bridgehead atoms. The Morgan fingerprint density at radius 1 is 1.22 bits per heavy atom. The normalized spacial score (nSPS) is 11.7. The molecule has 0 aromatic heterocycles. The number of benzene rings is 1. The van der Waals surface area contributed by atoms with Gasteiger partial charge in [0, 0.05) is 0 Å². The zero-order valence-electron chi connectivity index (χ0n) is 14.4. The summed E-state index contributed by atoms with van der Waals surface area (Å²) in [5.41, 5.74) is 3.11. The Morgan fingerprint density at radius 3 is 2.48 bits per heavy atom. The number of methoxy groups -OCH3 is 1. The smallest absolute Gasteiger partial charge is 0.328 e. The van der Waals surface area contributed by atoms with Crippen molar-refractivity contribution in [3.63, 3.8) is 0 Å². The van der Waals surface area contributed by atoms with Crippen LogP contribution in [0.4, 0.5) is 0 Å². The predicted octanol–water partition coefficient (Wildman–Crippen LogP) is 2.40. The molecule has 0 saturated heterocycles. The van der Waals surface area contributed by atoms with Crippen LogP contribution in [0, 0.1) is 20.8 Å². The molecule has 1 aromatic carbocycles. The lowest BCUT2D eigenvalue weighted by Crippen LogP contribution is -2.44. The number of hydrogen-bond donors (Lipinski definition) is 1. The van der Waals surface area contributed by atoms with Gasteiger partial charge in [0.15, 0.2) is 6.61 Å². The Balaban J connectivity index is 2.65. The van der Waals surface area contributed by atoms with E-state index in [2.05, 4.69) is 5.32 Å². The monoisotopic (exact) mass is 339 g/mol. The zero-order chi connectivity index (χ0) is 17.4. The molecule has 0 fully saturated rings. The Morgan fingerprint density at radius 2 is 1.87 bits per heavy atom. The van der Waals surface area contributed by atoms with Gasteiger partial charge in [0.1, 0.15) is 11.8 Å². The van der Waals surface area contributed by atoms with Crippen molar-refractivity contribution in [2.24, 2.45) is 0 Å². The van der Waals surface area contributed by atoms with E-state index in [1.807, 2.05) is 39.2 Å². The Kier molecular flexibility index (Phi) is 7.95. The van der Waals surface area contributed by atoms with Gasteiger partial charge in [-0.15, -0.1) is 0 Å². The lowest BCUT2D eigenvalue weighted by Gasteiger charge is -2.17. The van der Waals surface area contributed by atoms with Gasteiger partial charge in [0.05, 0.1) is 7.11 Å². The molecule has 0 aliphatic rings. The van der Waals surface area contributed by atoms with Crippen molar-refractivity contribution in [1.29, 1.82) is 0 Å². The maximum absolute atomic E-state index is 12.1. The van der Waals surface area contributed by atoms with E-state index >= 15 is 0 Å². The predicted molar refractivity (Wildman–Crippen MR) is 93.1 cm³/mol. The fourth-order valence-electron chi connectivity index (χ4n) is 2.15. The second kappa shape index (κ2) is 9.45. The molecule has 1 N–H and O–H groups in total. The van der Waals surface area contributed by atoms with Gasteiger partial charge in [0.25, 0.3) is 5.91 Å². The number of hydrogen-bond acceptors (Lipinski definition) is 5. The van der Waals surface area contributed by atoms with Crippen LogP contribution in [0.5, 0.6) is 5.75 Å². The van der Waals surface area contributed by atoms with E-state index in [-0.39, 0.29) is 12.5 Å². The molecular formula is C17H25NO4S. The summed E-state index contributed by atoms with van der Waals surface area (Å²) in [6.07, 6.45) is 2.48. The van der Waals surface area contributed by atoms with Crippen LogP contribution >= 0.6 is 11.8 Å². The number of carbonyl (C=O) groups excluding carboxylic acids is 2. The fourth-order valence-corrected chi connectivity index (χ4v) is 2.62. The number of ether oxygens (including phenoxy) is 2. The molecule has 1 amide bonds. The maximum atomic E-state index is 12.1. The maximum Gasteiger partial charge on any atom is 0.328 e. The van der Waals surface area contributed by atoms with Crippen molar-refractivity contribution in [3.8, 4) is 5.75 Å². The van der Waals surface area contributed by atoms with Crippen molar-refractivity contribution >= 4 is 23.6 Å². The lowest BCUT2D eigenvalue weighted by molar-refractivity contribution is -0.145. The van der Waals surface area contributed by atoms with Gasteiger partial charge >= 0.3 is 5.97 Å². The molecule has 1 unspecified atom stereocenters. The standard InChI is InChI=1S/C17H25NO4S/c1-11-6-7-12(2)16(13(11)3)22-10-15(19)18-14(8-9-23-5)17(20)21-4/h6-7,14H,8-10H2,1-5H3,(H,18,19). The number of carbonyl (C=O) groups is 2. The quantitative estimate of drug-likeness (QED) is 0.737. The molecule has 6 heteroatoms. The summed E-state index contributed by atoms with van der Waals surface area (Å²) in [4.78, 5) is 23.8. The van der Waals surface area contributed by atoms with Gasteiger partial charge in [-0.1, -0.05) is 12.1 Å².